The van der Waals surface area contributed by atoms with E-state index in [-0.39, 0.29) is 17.1 Å². The average molecular weight is 227 g/mol. The van der Waals surface area contributed by atoms with Gasteiger partial charge in [-0.3, -0.25) is 14.5 Å². The molecule has 16 heavy (non-hydrogen) atoms. The van der Waals surface area contributed by atoms with E-state index in [1.54, 1.807) is 0 Å². The van der Waals surface area contributed by atoms with Crippen LogP contribution in [-0.4, -0.2) is 41.4 Å². The molecule has 0 aliphatic carbocycles. The van der Waals surface area contributed by atoms with Gasteiger partial charge in [0.15, 0.2) is 5.78 Å². The molecule has 4 nitrogen and oxygen atoms in total. The molecule has 0 bridgehead atoms. The van der Waals surface area contributed by atoms with Gasteiger partial charge in [-0.05, 0) is 19.4 Å². The molecule has 1 saturated heterocycles. The Balaban J connectivity index is 2.49. The third-order valence-electron chi connectivity index (χ3n) is 3.06. The first-order chi connectivity index (χ1) is 7.30. The Hall–Kier alpha value is -0.900. The van der Waals surface area contributed by atoms with E-state index in [2.05, 4.69) is 0 Å². The molecule has 1 heterocycles. The molecule has 4 heteroatoms. The van der Waals surface area contributed by atoms with E-state index in [1.165, 1.54) is 0 Å². The van der Waals surface area contributed by atoms with Crippen molar-refractivity contribution in [3.05, 3.63) is 0 Å². The zero-order chi connectivity index (χ0) is 12.3. The van der Waals surface area contributed by atoms with Gasteiger partial charge in [-0.1, -0.05) is 20.8 Å². The van der Waals surface area contributed by atoms with Crippen LogP contribution in [0.1, 0.15) is 33.6 Å². The SMILES string of the molecule is CC(C)(C)C(=O)CN1CCC[C@@H](C(=O)O)C1. The minimum atomic E-state index is -0.743. The van der Waals surface area contributed by atoms with Crippen LogP contribution in [0.3, 0.4) is 0 Å². The normalized spacial score (nSPS) is 23.1. The van der Waals surface area contributed by atoms with Crippen molar-refractivity contribution in [2.75, 3.05) is 19.6 Å². The lowest BCUT2D eigenvalue weighted by atomic mass is 9.89. The van der Waals surface area contributed by atoms with Crippen molar-refractivity contribution in [3.63, 3.8) is 0 Å². The molecule has 1 aliphatic heterocycles. The van der Waals surface area contributed by atoms with E-state index in [9.17, 15) is 9.59 Å². The molecule has 0 unspecified atom stereocenters. The summed E-state index contributed by atoms with van der Waals surface area (Å²) in [6, 6.07) is 0. The van der Waals surface area contributed by atoms with E-state index in [0.717, 1.165) is 19.4 Å². The quantitative estimate of drug-likeness (QED) is 0.791. The number of piperidine rings is 1. The third kappa shape index (κ3) is 3.59. The Labute approximate surface area is 96.6 Å². The second-order valence-electron chi connectivity index (χ2n) is 5.59. The molecule has 1 atom stereocenters. The number of likely N-dealkylation sites (tertiary alicyclic amines) is 1. The Morgan fingerprint density at radius 3 is 2.50 bits per heavy atom. The lowest BCUT2D eigenvalue weighted by Gasteiger charge is -2.31. The summed E-state index contributed by atoms with van der Waals surface area (Å²) in [5, 5.41) is 8.94. The van der Waals surface area contributed by atoms with Crippen molar-refractivity contribution in [1.29, 1.82) is 0 Å². The molecule has 1 N–H and O–H groups in total. The molecule has 0 spiro atoms. The Morgan fingerprint density at radius 1 is 1.38 bits per heavy atom. The van der Waals surface area contributed by atoms with Crippen molar-refractivity contribution < 1.29 is 14.7 Å². The van der Waals surface area contributed by atoms with Gasteiger partial charge >= 0.3 is 5.97 Å². The maximum atomic E-state index is 11.8. The topological polar surface area (TPSA) is 57.6 Å². The Morgan fingerprint density at radius 2 is 2.00 bits per heavy atom. The molecule has 0 radical (unpaired) electrons. The monoisotopic (exact) mass is 227 g/mol. The van der Waals surface area contributed by atoms with E-state index >= 15 is 0 Å². The van der Waals surface area contributed by atoms with Gasteiger partial charge in [0.05, 0.1) is 12.5 Å². The summed E-state index contributed by atoms with van der Waals surface area (Å²) in [7, 11) is 0. The predicted molar refractivity (Wildman–Crippen MR) is 61.3 cm³/mol. The summed E-state index contributed by atoms with van der Waals surface area (Å²) in [6.07, 6.45) is 1.60. The van der Waals surface area contributed by atoms with Crippen molar-refractivity contribution in [2.45, 2.75) is 33.6 Å². The van der Waals surface area contributed by atoms with Crippen LogP contribution >= 0.6 is 0 Å². The lowest BCUT2D eigenvalue weighted by molar-refractivity contribution is -0.144. The number of hydrogen-bond donors (Lipinski definition) is 1. The molecule has 1 fully saturated rings. The zero-order valence-electron chi connectivity index (χ0n) is 10.3. The number of carbonyl (C=O) groups excluding carboxylic acids is 1. The van der Waals surface area contributed by atoms with Crippen molar-refractivity contribution in [3.8, 4) is 0 Å². The summed E-state index contributed by atoms with van der Waals surface area (Å²) in [5.74, 6) is -0.868. The maximum Gasteiger partial charge on any atom is 0.307 e. The Kier molecular flexibility index (Phi) is 4.08. The number of carbonyl (C=O) groups is 2. The van der Waals surface area contributed by atoms with Gasteiger partial charge in [-0.25, -0.2) is 0 Å². The first kappa shape index (κ1) is 13.2. The van der Waals surface area contributed by atoms with Crippen LogP contribution in [0.4, 0.5) is 0 Å². The fourth-order valence-electron chi connectivity index (χ4n) is 1.84. The molecule has 1 rings (SSSR count). The second kappa shape index (κ2) is 4.95. The third-order valence-corrected chi connectivity index (χ3v) is 3.06. The standard InChI is InChI=1S/C12H21NO3/c1-12(2,3)10(14)8-13-6-4-5-9(7-13)11(15)16/h9H,4-8H2,1-3H3,(H,15,16)/t9-/m1/s1. The predicted octanol–water partition coefficient (Wildman–Crippen LogP) is 1.40. The lowest BCUT2D eigenvalue weighted by Crippen LogP contribution is -2.43. The molecule has 92 valence electrons. The molecule has 0 amide bonds. The minimum Gasteiger partial charge on any atom is -0.481 e. The van der Waals surface area contributed by atoms with E-state index < -0.39 is 5.97 Å². The number of carboxylic acid groups (broad SMARTS) is 1. The van der Waals surface area contributed by atoms with E-state index in [4.69, 9.17) is 5.11 Å². The maximum absolute atomic E-state index is 11.8. The number of Topliss-reactive ketones (excluding diaryl/α,β-unsaturated/α-hetero) is 1. The highest BCUT2D eigenvalue weighted by Gasteiger charge is 2.29. The first-order valence-corrected chi connectivity index (χ1v) is 5.79. The largest absolute Gasteiger partial charge is 0.481 e. The van der Waals surface area contributed by atoms with Gasteiger partial charge in [0, 0.05) is 12.0 Å². The smallest absolute Gasteiger partial charge is 0.307 e. The summed E-state index contributed by atoms with van der Waals surface area (Å²) in [6.45, 7) is 7.42. The number of ketones is 1. The van der Waals surface area contributed by atoms with Crippen molar-refractivity contribution in [1.82, 2.24) is 4.90 Å². The van der Waals surface area contributed by atoms with Crippen molar-refractivity contribution >= 4 is 11.8 Å². The van der Waals surface area contributed by atoms with Gasteiger partial charge in [0.25, 0.3) is 0 Å². The van der Waals surface area contributed by atoms with Crippen LogP contribution in [-0.2, 0) is 9.59 Å². The van der Waals surface area contributed by atoms with Crippen molar-refractivity contribution in [2.24, 2.45) is 11.3 Å². The molecular formula is C12H21NO3. The number of aliphatic carboxylic acids is 1. The number of hydrogen-bond acceptors (Lipinski definition) is 3. The molecule has 0 aromatic heterocycles. The van der Waals surface area contributed by atoms with Crippen LogP contribution in [0.15, 0.2) is 0 Å². The fourth-order valence-corrected chi connectivity index (χ4v) is 1.84. The minimum absolute atomic E-state index is 0.179. The highest BCUT2D eigenvalue weighted by atomic mass is 16.4. The van der Waals surface area contributed by atoms with Gasteiger partial charge in [0.1, 0.15) is 0 Å². The molecule has 0 aromatic carbocycles. The highest BCUT2D eigenvalue weighted by molar-refractivity contribution is 5.85. The van der Waals surface area contributed by atoms with Crippen LogP contribution in [0.2, 0.25) is 0 Å². The van der Waals surface area contributed by atoms with E-state index in [1.807, 2.05) is 25.7 Å². The van der Waals surface area contributed by atoms with E-state index in [0.29, 0.717) is 13.1 Å². The molecule has 1 aliphatic rings. The van der Waals surface area contributed by atoms with Crippen LogP contribution in [0, 0.1) is 11.3 Å². The average Bonchev–Trinajstić information content (AvgIpc) is 2.16. The number of nitrogens with zero attached hydrogens (tertiary/aromatic N) is 1. The van der Waals surface area contributed by atoms with Crippen LogP contribution in [0.5, 0.6) is 0 Å². The summed E-state index contributed by atoms with van der Waals surface area (Å²) < 4.78 is 0. The highest BCUT2D eigenvalue weighted by Crippen LogP contribution is 2.20. The van der Waals surface area contributed by atoms with Gasteiger partial charge in [0.2, 0.25) is 0 Å². The van der Waals surface area contributed by atoms with Gasteiger partial charge in [-0.15, -0.1) is 0 Å². The summed E-state index contributed by atoms with van der Waals surface area (Å²) >= 11 is 0. The molecule has 0 aromatic rings. The van der Waals surface area contributed by atoms with Crippen LogP contribution < -0.4 is 0 Å². The fraction of sp³-hybridized carbons (Fsp3) is 0.833. The second-order valence-corrected chi connectivity index (χ2v) is 5.59. The molecule has 0 saturated carbocycles. The zero-order valence-corrected chi connectivity index (χ0v) is 10.3. The molecular weight excluding hydrogens is 206 g/mol. The number of rotatable bonds is 3. The van der Waals surface area contributed by atoms with Crippen LogP contribution in [0.25, 0.3) is 0 Å². The Bertz CT molecular complexity index is 280. The van der Waals surface area contributed by atoms with Gasteiger partial charge in [-0.2, -0.15) is 0 Å². The van der Waals surface area contributed by atoms with Gasteiger partial charge < -0.3 is 5.11 Å². The summed E-state index contributed by atoms with van der Waals surface area (Å²) in [5.41, 5.74) is -0.337. The number of carboxylic acids is 1. The summed E-state index contributed by atoms with van der Waals surface area (Å²) in [4.78, 5) is 24.7. The first-order valence-electron chi connectivity index (χ1n) is 5.79.